The lowest BCUT2D eigenvalue weighted by Crippen LogP contribution is -2.11. The predicted molar refractivity (Wildman–Crippen MR) is 83.7 cm³/mol. The van der Waals surface area contributed by atoms with E-state index in [-0.39, 0.29) is 14.8 Å². The first-order chi connectivity index (χ1) is 10.8. The van der Waals surface area contributed by atoms with Crippen molar-refractivity contribution in [2.45, 2.75) is 11.1 Å². The van der Waals surface area contributed by atoms with Gasteiger partial charge in [-0.2, -0.15) is 0 Å². The summed E-state index contributed by atoms with van der Waals surface area (Å²) in [5.74, 6) is -1.81. The second kappa shape index (κ2) is 5.25. The van der Waals surface area contributed by atoms with Crippen molar-refractivity contribution in [1.29, 1.82) is 0 Å². The third-order valence-electron chi connectivity index (χ3n) is 3.03. The number of hydrogen-bond acceptors (Lipinski definition) is 6. The average molecular weight is 354 g/mol. The number of thiophene rings is 1. The van der Waals surface area contributed by atoms with Crippen molar-refractivity contribution in [2.75, 3.05) is 4.72 Å². The Hall–Kier alpha value is -2.59. The van der Waals surface area contributed by atoms with Gasteiger partial charge in [0, 0.05) is 0 Å². The smallest absolute Gasteiger partial charge is 0.417 e. The number of rotatable bonds is 4. The fourth-order valence-electron chi connectivity index (χ4n) is 2.02. The van der Waals surface area contributed by atoms with E-state index < -0.39 is 21.7 Å². The zero-order chi connectivity index (χ0) is 16.8. The van der Waals surface area contributed by atoms with Crippen LogP contribution in [0.4, 0.5) is 5.69 Å². The molecule has 120 valence electrons. The molecule has 10 heteroatoms. The molecule has 0 bridgehead atoms. The van der Waals surface area contributed by atoms with Gasteiger partial charge in [-0.05, 0) is 36.8 Å². The summed E-state index contributed by atoms with van der Waals surface area (Å²) in [6.07, 6.45) is 0. The number of nitrogens with one attached hydrogen (secondary N) is 2. The van der Waals surface area contributed by atoms with Gasteiger partial charge in [-0.1, -0.05) is 0 Å². The van der Waals surface area contributed by atoms with Crippen LogP contribution in [-0.4, -0.2) is 24.5 Å². The molecule has 0 amide bonds. The van der Waals surface area contributed by atoms with E-state index in [4.69, 9.17) is 9.52 Å². The minimum atomic E-state index is -3.93. The number of fused-ring (bicyclic) bond motifs is 1. The van der Waals surface area contributed by atoms with Crippen molar-refractivity contribution in [2.24, 2.45) is 0 Å². The number of sulfonamides is 1. The summed E-state index contributed by atoms with van der Waals surface area (Å²) in [6.45, 7) is 1.53. The maximum absolute atomic E-state index is 12.3. The molecular formula is C13H10N2O6S2. The lowest BCUT2D eigenvalue weighted by Gasteiger charge is -2.05. The highest BCUT2D eigenvalue weighted by Crippen LogP contribution is 2.28. The standard InChI is InChI=1S/C13H10N2O6S2/c1-6-4-10(22-11(6)12(16)17)23(19,20)15-7-2-3-9-8(5-7)14-13(18)21-9/h2-5,15H,1H3,(H,14,18)(H,16,17). The highest BCUT2D eigenvalue weighted by atomic mass is 32.2. The van der Waals surface area contributed by atoms with Crippen molar-refractivity contribution in [1.82, 2.24) is 4.98 Å². The summed E-state index contributed by atoms with van der Waals surface area (Å²) in [6, 6.07) is 5.60. The maximum Gasteiger partial charge on any atom is 0.417 e. The molecule has 2 heterocycles. The van der Waals surface area contributed by atoms with Crippen molar-refractivity contribution in [3.63, 3.8) is 0 Å². The molecule has 0 saturated heterocycles. The number of aryl methyl sites for hydroxylation is 1. The van der Waals surface area contributed by atoms with Gasteiger partial charge in [-0.15, -0.1) is 11.3 Å². The molecule has 3 aromatic rings. The van der Waals surface area contributed by atoms with E-state index in [0.29, 0.717) is 28.0 Å². The van der Waals surface area contributed by atoms with Crippen molar-refractivity contribution in [3.8, 4) is 0 Å². The van der Waals surface area contributed by atoms with E-state index in [0.717, 1.165) is 0 Å². The van der Waals surface area contributed by atoms with E-state index in [1.54, 1.807) is 0 Å². The van der Waals surface area contributed by atoms with E-state index in [1.807, 2.05) is 0 Å². The number of aromatic carboxylic acids is 1. The third kappa shape index (κ3) is 2.85. The maximum atomic E-state index is 12.3. The van der Waals surface area contributed by atoms with Crippen LogP contribution in [0.2, 0.25) is 0 Å². The van der Waals surface area contributed by atoms with Gasteiger partial charge in [-0.25, -0.2) is 18.0 Å². The lowest BCUT2D eigenvalue weighted by atomic mass is 10.3. The molecule has 23 heavy (non-hydrogen) atoms. The van der Waals surface area contributed by atoms with E-state index in [1.165, 1.54) is 31.2 Å². The van der Waals surface area contributed by atoms with Crippen LogP contribution in [-0.2, 0) is 10.0 Å². The van der Waals surface area contributed by atoms with Crippen LogP contribution >= 0.6 is 11.3 Å². The first-order valence-corrected chi connectivity index (χ1v) is 8.55. The topological polar surface area (TPSA) is 129 Å². The number of carboxylic acids is 1. The third-order valence-corrected chi connectivity index (χ3v) is 6.11. The molecule has 2 aromatic heterocycles. The second-order valence-electron chi connectivity index (χ2n) is 4.71. The number of anilines is 1. The normalized spacial score (nSPS) is 11.7. The van der Waals surface area contributed by atoms with Gasteiger partial charge in [0.2, 0.25) is 0 Å². The van der Waals surface area contributed by atoms with Gasteiger partial charge in [-0.3, -0.25) is 9.71 Å². The molecule has 1 aromatic carbocycles. The number of aromatic nitrogens is 1. The zero-order valence-corrected chi connectivity index (χ0v) is 13.2. The molecule has 3 N–H and O–H groups in total. The molecular weight excluding hydrogens is 344 g/mol. The van der Waals surface area contributed by atoms with E-state index in [9.17, 15) is 18.0 Å². The summed E-state index contributed by atoms with van der Waals surface area (Å²) in [5.41, 5.74) is 1.25. The molecule has 3 rings (SSSR count). The Kier molecular flexibility index (Phi) is 3.49. The minimum Gasteiger partial charge on any atom is -0.477 e. The molecule has 0 atom stereocenters. The Morgan fingerprint density at radius 1 is 1.35 bits per heavy atom. The Morgan fingerprint density at radius 3 is 2.74 bits per heavy atom. The molecule has 0 aliphatic rings. The molecule has 0 fully saturated rings. The summed E-state index contributed by atoms with van der Waals surface area (Å²) < 4.78 is 31.8. The molecule has 0 spiro atoms. The Bertz CT molecular complexity index is 1070. The number of benzene rings is 1. The van der Waals surface area contributed by atoms with Gasteiger partial charge in [0.05, 0.1) is 11.2 Å². The van der Waals surface area contributed by atoms with Crippen LogP contribution in [0.15, 0.2) is 37.7 Å². The van der Waals surface area contributed by atoms with Crippen LogP contribution < -0.4 is 10.5 Å². The van der Waals surface area contributed by atoms with Gasteiger partial charge in [0.1, 0.15) is 9.09 Å². The van der Waals surface area contributed by atoms with Gasteiger partial charge in [0.15, 0.2) is 5.58 Å². The Morgan fingerprint density at radius 2 is 2.09 bits per heavy atom. The van der Waals surface area contributed by atoms with Gasteiger partial charge >= 0.3 is 11.7 Å². The van der Waals surface area contributed by atoms with Crippen molar-refractivity contribution < 1.29 is 22.7 Å². The van der Waals surface area contributed by atoms with E-state index in [2.05, 4.69) is 9.71 Å². The Labute approximate surface area is 133 Å². The van der Waals surface area contributed by atoms with Crippen molar-refractivity contribution in [3.05, 3.63) is 45.3 Å². The van der Waals surface area contributed by atoms with Crippen LogP contribution in [0, 0.1) is 6.92 Å². The minimum absolute atomic E-state index is 0.0278. The molecule has 0 aliphatic heterocycles. The number of aromatic amines is 1. The SMILES string of the molecule is Cc1cc(S(=O)(=O)Nc2ccc3oc(=O)[nH]c3c2)sc1C(=O)O. The number of H-pyrrole nitrogens is 1. The fraction of sp³-hybridized carbons (Fsp3) is 0.0769. The number of hydrogen-bond donors (Lipinski definition) is 3. The number of carbonyl (C=O) groups is 1. The Balaban J connectivity index is 1.97. The zero-order valence-electron chi connectivity index (χ0n) is 11.6. The van der Waals surface area contributed by atoms with Gasteiger partial charge in [0.25, 0.3) is 10.0 Å². The first-order valence-electron chi connectivity index (χ1n) is 6.26. The molecule has 8 nitrogen and oxygen atoms in total. The van der Waals surface area contributed by atoms with Gasteiger partial charge < -0.3 is 9.52 Å². The molecule has 0 unspecified atom stereocenters. The fourth-order valence-corrected chi connectivity index (χ4v) is 4.45. The quantitative estimate of drug-likeness (QED) is 0.657. The van der Waals surface area contributed by atoms with Crippen LogP contribution in [0.25, 0.3) is 11.1 Å². The van der Waals surface area contributed by atoms with Crippen molar-refractivity contribution >= 4 is 44.1 Å². The van der Waals surface area contributed by atoms with Crippen LogP contribution in [0.3, 0.4) is 0 Å². The number of carboxylic acid groups (broad SMARTS) is 1. The summed E-state index contributed by atoms with van der Waals surface area (Å²) >= 11 is 0.675. The lowest BCUT2D eigenvalue weighted by molar-refractivity contribution is 0.0701. The molecule has 0 saturated carbocycles. The molecule has 0 aliphatic carbocycles. The predicted octanol–water partition coefficient (Wildman–Crippen LogP) is 1.99. The number of oxazole rings is 1. The van der Waals surface area contributed by atoms with Crippen LogP contribution in [0.1, 0.15) is 15.2 Å². The second-order valence-corrected chi connectivity index (χ2v) is 7.68. The first kappa shape index (κ1) is 15.3. The summed E-state index contributed by atoms with van der Waals surface area (Å²) in [5, 5.41) is 9.01. The molecule has 0 radical (unpaired) electrons. The average Bonchev–Trinajstić information content (AvgIpc) is 3.00. The largest absolute Gasteiger partial charge is 0.477 e. The monoisotopic (exact) mass is 354 g/mol. The van der Waals surface area contributed by atoms with E-state index >= 15 is 0 Å². The highest BCUT2D eigenvalue weighted by Gasteiger charge is 2.22. The summed E-state index contributed by atoms with van der Waals surface area (Å²) in [4.78, 5) is 24.5. The highest BCUT2D eigenvalue weighted by molar-refractivity contribution is 7.94. The summed E-state index contributed by atoms with van der Waals surface area (Å²) in [7, 11) is -3.93. The van der Waals surface area contributed by atoms with Crippen LogP contribution in [0.5, 0.6) is 0 Å².